The molecule has 1 aliphatic heterocycles. The summed E-state index contributed by atoms with van der Waals surface area (Å²) in [5, 5.41) is 10.1. The number of carbonyl (C=O) groups is 1. The number of pyridine rings is 1. The van der Waals surface area contributed by atoms with Gasteiger partial charge >= 0.3 is 6.36 Å². The lowest BCUT2D eigenvalue weighted by Gasteiger charge is -2.35. The number of piperazine rings is 1. The molecule has 0 aliphatic carbocycles. The summed E-state index contributed by atoms with van der Waals surface area (Å²) in [5.74, 6) is -0.291. The Hall–Kier alpha value is -3.50. The molecule has 3 aromatic rings. The van der Waals surface area contributed by atoms with Crippen LogP contribution in [0.25, 0.3) is 11.1 Å². The molecule has 0 N–H and O–H groups in total. The van der Waals surface area contributed by atoms with Crippen LogP contribution in [0.5, 0.6) is 5.75 Å². The van der Waals surface area contributed by atoms with Gasteiger partial charge < -0.3 is 19.1 Å². The Morgan fingerprint density at radius 1 is 1.13 bits per heavy atom. The van der Waals surface area contributed by atoms with E-state index in [4.69, 9.17) is 11.6 Å². The number of amides is 1. The lowest BCUT2D eigenvalue weighted by molar-refractivity contribution is -0.275. The van der Waals surface area contributed by atoms with Crippen molar-refractivity contribution >= 4 is 34.7 Å². The van der Waals surface area contributed by atoms with Gasteiger partial charge in [-0.05, 0) is 35.9 Å². The molecule has 1 unspecified atom stereocenters. The summed E-state index contributed by atoms with van der Waals surface area (Å²) in [6.45, 7) is 1.22. The minimum Gasteiger partial charge on any atom is -0.593 e. The molecule has 204 valence electrons. The Morgan fingerprint density at radius 2 is 1.82 bits per heavy atom. The van der Waals surface area contributed by atoms with Gasteiger partial charge in [0, 0.05) is 38.9 Å². The van der Waals surface area contributed by atoms with Crippen molar-refractivity contribution in [3.05, 3.63) is 70.9 Å². The Kier molecular flexibility index (Phi) is 8.56. The Morgan fingerprint density at radius 3 is 2.44 bits per heavy atom. The second-order valence-electron chi connectivity index (χ2n) is 8.76. The second-order valence-corrected chi connectivity index (χ2v) is 10.6. The van der Waals surface area contributed by atoms with Crippen molar-refractivity contribution in [3.8, 4) is 22.9 Å². The predicted molar refractivity (Wildman–Crippen MR) is 141 cm³/mol. The van der Waals surface area contributed by atoms with Crippen molar-refractivity contribution in [1.29, 1.82) is 5.26 Å². The quantitative estimate of drug-likeness (QED) is 0.391. The molecular weight excluding hydrogens is 555 g/mol. The van der Waals surface area contributed by atoms with E-state index in [2.05, 4.69) is 15.8 Å². The Labute approximate surface area is 231 Å². The number of aromatic nitrogens is 1. The van der Waals surface area contributed by atoms with E-state index in [0.29, 0.717) is 41.2 Å². The zero-order valence-electron chi connectivity index (χ0n) is 20.9. The fourth-order valence-corrected chi connectivity index (χ4v) is 5.58. The fourth-order valence-electron chi connectivity index (χ4n) is 4.07. The van der Waals surface area contributed by atoms with Crippen LogP contribution in [-0.4, -0.2) is 71.3 Å². The van der Waals surface area contributed by atoms with Gasteiger partial charge in [0.05, 0.1) is 40.6 Å². The molecule has 4 rings (SSSR count). The number of nitriles is 1. The highest BCUT2D eigenvalue weighted by Gasteiger charge is 2.36. The first kappa shape index (κ1) is 28.5. The van der Waals surface area contributed by atoms with Gasteiger partial charge in [0.25, 0.3) is 5.91 Å². The van der Waals surface area contributed by atoms with E-state index in [-0.39, 0.29) is 28.9 Å². The molecule has 0 radical (unpaired) electrons. The van der Waals surface area contributed by atoms with Gasteiger partial charge in [0.2, 0.25) is 4.90 Å². The lowest BCUT2D eigenvalue weighted by Crippen LogP contribution is -2.49. The molecule has 1 aromatic heterocycles. The molecule has 1 atom stereocenters. The van der Waals surface area contributed by atoms with Crippen molar-refractivity contribution in [2.75, 3.05) is 45.2 Å². The standard InChI is InChI=1S/C26H23ClF3N5O3S/c1-33(2)25(36)20-8-7-17(14-21(20)27)19-13-18(15-31)24(32-16-19)34-9-11-35(12-10-34)39(37)23-6-4-3-5-22(23)38-26(28,29)30/h3-8,13-14,16H,9-12H2,1-2H3. The van der Waals surface area contributed by atoms with Gasteiger partial charge in [-0.1, -0.05) is 29.8 Å². The number of rotatable bonds is 6. The first-order chi connectivity index (χ1) is 18.5. The summed E-state index contributed by atoms with van der Waals surface area (Å²) in [5.41, 5.74) is 2.00. The number of anilines is 1. The summed E-state index contributed by atoms with van der Waals surface area (Å²) in [6.07, 6.45) is -3.30. The van der Waals surface area contributed by atoms with E-state index in [9.17, 15) is 27.8 Å². The number of ether oxygens (including phenoxy) is 1. The van der Waals surface area contributed by atoms with Crippen LogP contribution in [0.4, 0.5) is 19.0 Å². The highest BCUT2D eigenvalue weighted by Crippen LogP contribution is 2.33. The highest BCUT2D eigenvalue weighted by atomic mass is 35.5. The maximum Gasteiger partial charge on any atom is 0.573 e. The molecule has 13 heteroatoms. The van der Waals surface area contributed by atoms with Crippen molar-refractivity contribution < 1.29 is 27.3 Å². The van der Waals surface area contributed by atoms with Crippen molar-refractivity contribution in [3.63, 3.8) is 0 Å². The first-order valence-electron chi connectivity index (χ1n) is 11.7. The van der Waals surface area contributed by atoms with Crippen molar-refractivity contribution in [2.24, 2.45) is 0 Å². The zero-order valence-corrected chi connectivity index (χ0v) is 22.5. The molecule has 1 saturated heterocycles. The summed E-state index contributed by atoms with van der Waals surface area (Å²) in [7, 11) is 3.26. The van der Waals surface area contributed by atoms with E-state index in [1.807, 2.05) is 4.90 Å². The van der Waals surface area contributed by atoms with E-state index in [1.165, 1.54) is 23.1 Å². The van der Waals surface area contributed by atoms with E-state index >= 15 is 0 Å². The smallest absolute Gasteiger partial charge is 0.573 e. The molecule has 39 heavy (non-hydrogen) atoms. The maximum atomic E-state index is 13.1. The predicted octanol–water partition coefficient (Wildman–Crippen LogP) is 4.72. The zero-order chi connectivity index (χ0) is 28.3. The monoisotopic (exact) mass is 577 g/mol. The van der Waals surface area contributed by atoms with Crippen molar-refractivity contribution in [1.82, 2.24) is 14.2 Å². The van der Waals surface area contributed by atoms with Gasteiger partial charge in [-0.15, -0.1) is 17.5 Å². The summed E-state index contributed by atoms with van der Waals surface area (Å²) in [6, 6.07) is 14.2. The third-order valence-electron chi connectivity index (χ3n) is 5.96. The summed E-state index contributed by atoms with van der Waals surface area (Å²) >= 11 is 4.46. The molecule has 1 fully saturated rings. The average Bonchev–Trinajstić information content (AvgIpc) is 2.91. The molecule has 0 saturated carbocycles. The Bertz CT molecular complexity index is 1410. The van der Waals surface area contributed by atoms with Crippen LogP contribution in [-0.2, 0) is 11.4 Å². The molecule has 1 amide bonds. The fraction of sp³-hybridized carbons (Fsp3) is 0.269. The number of nitrogens with zero attached hydrogens (tertiary/aromatic N) is 5. The van der Waals surface area contributed by atoms with E-state index in [1.54, 1.807) is 48.9 Å². The molecule has 1 aliphatic rings. The SMILES string of the molecule is CN(C)C(=O)c1ccc(-c2cnc(N3CCN([S+]([O-])c4ccccc4OC(F)(F)F)CC3)c(C#N)c2)cc1Cl. The molecule has 8 nitrogen and oxygen atoms in total. The number of alkyl halides is 3. The minimum absolute atomic E-state index is 0.0690. The van der Waals surface area contributed by atoms with Crippen LogP contribution < -0.4 is 9.64 Å². The van der Waals surface area contributed by atoms with Gasteiger partial charge in [-0.3, -0.25) is 4.79 Å². The molecule has 0 bridgehead atoms. The van der Waals surface area contributed by atoms with Crippen LogP contribution in [0.3, 0.4) is 0 Å². The number of carbonyl (C=O) groups excluding carboxylic acids is 1. The molecular formula is C26H23ClF3N5O3S. The number of hydrogen-bond donors (Lipinski definition) is 0. The third kappa shape index (κ3) is 6.57. The van der Waals surface area contributed by atoms with Crippen molar-refractivity contribution in [2.45, 2.75) is 11.3 Å². The summed E-state index contributed by atoms with van der Waals surface area (Å²) < 4.78 is 57.0. The summed E-state index contributed by atoms with van der Waals surface area (Å²) in [4.78, 5) is 20.0. The number of para-hydroxylation sites is 1. The third-order valence-corrected chi connectivity index (χ3v) is 7.82. The molecule has 0 spiro atoms. The average molecular weight is 578 g/mol. The maximum absolute atomic E-state index is 13.1. The molecule has 2 heterocycles. The number of benzene rings is 2. The second kappa shape index (κ2) is 11.7. The van der Waals surface area contributed by atoms with Gasteiger partial charge in [-0.25, -0.2) is 4.98 Å². The first-order valence-corrected chi connectivity index (χ1v) is 13.1. The van der Waals surface area contributed by atoms with Crippen LogP contribution in [0.2, 0.25) is 5.02 Å². The van der Waals surface area contributed by atoms with Crippen LogP contribution >= 0.6 is 11.6 Å². The normalized spacial score (nSPS) is 15.0. The highest BCUT2D eigenvalue weighted by molar-refractivity contribution is 7.89. The number of halogens is 4. The van der Waals surface area contributed by atoms with Gasteiger partial charge in [0.1, 0.15) is 11.9 Å². The number of hydrogen-bond acceptors (Lipinski definition) is 7. The van der Waals surface area contributed by atoms with Gasteiger partial charge in [-0.2, -0.15) is 5.26 Å². The van der Waals surface area contributed by atoms with Crippen LogP contribution in [0, 0.1) is 11.3 Å². The van der Waals surface area contributed by atoms with E-state index < -0.39 is 23.5 Å². The van der Waals surface area contributed by atoms with E-state index in [0.717, 1.165) is 6.07 Å². The van der Waals surface area contributed by atoms with Crippen LogP contribution in [0.1, 0.15) is 15.9 Å². The van der Waals surface area contributed by atoms with Crippen LogP contribution in [0.15, 0.2) is 59.6 Å². The minimum atomic E-state index is -4.90. The van der Waals surface area contributed by atoms with Gasteiger partial charge in [0.15, 0.2) is 5.75 Å². The molecule has 2 aromatic carbocycles. The largest absolute Gasteiger partial charge is 0.593 e. The lowest BCUT2D eigenvalue weighted by atomic mass is 10.0. The Balaban J connectivity index is 1.48. The topological polar surface area (TPSA) is 95.8 Å².